The Labute approximate surface area is 172 Å². The van der Waals surface area contributed by atoms with Crippen molar-refractivity contribution in [3.05, 3.63) is 71.9 Å². The van der Waals surface area contributed by atoms with Crippen LogP contribution in [0, 0.1) is 6.42 Å². The maximum atomic E-state index is 12.9. The zero-order valence-electron chi connectivity index (χ0n) is 16.4. The molecule has 0 bridgehead atoms. The molecule has 1 aromatic heterocycles. The lowest BCUT2D eigenvalue weighted by atomic mass is 9.94. The van der Waals surface area contributed by atoms with Crippen molar-refractivity contribution >= 4 is 0 Å². The van der Waals surface area contributed by atoms with Crippen molar-refractivity contribution in [2.45, 2.75) is 31.6 Å². The zero-order valence-corrected chi connectivity index (χ0v) is 16.4. The van der Waals surface area contributed by atoms with E-state index in [1.54, 1.807) is 23.9 Å². The smallest absolute Gasteiger partial charge is 0.416 e. The van der Waals surface area contributed by atoms with E-state index in [-0.39, 0.29) is 6.04 Å². The fourth-order valence-corrected chi connectivity index (χ4v) is 3.78. The lowest BCUT2D eigenvalue weighted by molar-refractivity contribution is -0.137. The van der Waals surface area contributed by atoms with Crippen LogP contribution in [0.1, 0.15) is 35.6 Å². The summed E-state index contributed by atoms with van der Waals surface area (Å²) >= 11 is 0. The van der Waals surface area contributed by atoms with Crippen LogP contribution in [0.5, 0.6) is 5.75 Å². The highest BCUT2D eigenvalue weighted by atomic mass is 19.4. The van der Waals surface area contributed by atoms with Crippen molar-refractivity contribution in [2.75, 3.05) is 13.7 Å². The van der Waals surface area contributed by atoms with Crippen LogP contribution in [0.3, 0.4) is 0 Å². The number of hydrogen-bond donors (Lipinski definition) is 0. The Kier molecular flexibility index (Phi) is 5.72. The molecule has 1 radical (unpaired) electrons. The highest BCUT2D eigenvalue weighted by Gasteiger charge is 2.31. The van der Waals surface area contributed by atoms with Gasteiger partial charge in [0.2, 0.25) is 0 Å². The third kappa shape index (κ3) is 4.30. The van der Waals surface area contributed by atoms with E-state index in [1.165, 1.54) is 6.33 Å². The molecule has 1 aliphatic heterocycles. The van der Waals surface area contributed by atoms with Gasteiger partial charge in [-0.05, 0) is 72.1 Å². The van der Waals surface area contributed by atoms with Crippen molar-refractivity contribution in [2.24, 2.45) is 0 Å². The van der Waals surface area contributed by atoms with Crippen LogP contribution in [0.15, 0.2) is 48.8 Å². The number of benzene rings is 2. The summed E-state index contributed by atoms with van der Waals surface area (Å²) in [5.41, 5.74) is 1.98. The highest BCUT2D eigenvalue weighted by Crippen LogP contribution is 2.35. The van der Waals surface area contributed by atoms with Gasteiger partial charge in [0.1, 0.15) is 12.1 Å². The average Bonchev–Trinajstić information content (AvgIpc) is 3.29. The Morgan fingerprint density at radius 2 is 1.93 bits per heavy atom. The summed E-state index contributed by atoms with van der Waals surface area (Å²) in [6.07, 6.45) is 1.25. The van der Waals surface area contributed by atoms with Crippen molar-refractivity contribution in [1.29, 1.82) is 0 Å². The van der Waals surface area contributed by atoms with Gasteiger partial charge in [-0.3, -0.25) is 4.90 Å². The molecule has 2 aromatic carbocycles. The summed E-state index contributed by atoms with van der Waals surface area (Å²) in [5.74, 6) is 0.739. The fourth-order valence-electron chi connectivity index (χ4n) is 3.78. The first kappa shape index (κ1) is 20.3. The first-order valence-corrected chi connectivity index (χ1v) is 9.60. The van der Waals surface area contributed by atoms with Crippen molar-refractivity contribution < 1.29 is 17.9 Å². The number of tetrazole rings is 1. The molecule has 1 unspecified atom stereocenters. The minimum atomic E-state index is -4.33. The van der Waals surface area contributed by atoms with E-state index in [1.807, 2.05) is 18.2 Å². The molecule has 2 heterocycles. The van der Waals surface area contributed by atoms with Gasteiger partial charge in [-0.25, -0.2) is 4.68 Å². The Morgan fingerprint density at radius 1 is 1.13 bits per heavy atom. The van der Waals surface area contributed by atoms with Gasteiger partial charge in [-0.2, -0.15) is 13.2 Å². The predicted octanol–water partition coefficient (Wildman–Crippen LogP) is 4.23. The van der Waals surface area contributed by atoms with Crippen molar-refractivity contribution in [3.8, 4) is 11.4 Å². The number of hydrogen-bond acceptors (Lipinski definition) is 5. The first-order chi connectivity index (χ1) is 14.5. The second-order valence-corrected chi connectivity index (χ2v) is 7.16. The lowest BCUT2D eigenvalue weighted by Gasteiger charge is -2.36. The van der Waals surface area contributed by atoms with E-state index >= 15 is 0 Å². The number of likely N-dealkylation sites (tertiary alicyclic amines) is 1. The number of aromatic nitrogens is 4. The summed E-state index contributed by atoms with van der Waals surface area (Å²) < 4.78 is 45.8. The van der Waals surface area contributed by atoms with Crippen LogP contribution < -0.4 is 4.74 Å². The molecule has 0 spiro atoms. The number of nitrogens with zero attached hydrogens (tertiary/aromatic N) is 5. The van der Waals surface area contributed by atoms with E-state index < -0.39 is 11.7 Å². The maximum absolute atomic E-state index is 12.9. The molecule has 9 heteroatoms. The monoisotopic (exact) mass is 416 g/mol. The average molecular weight is 416 g/mol. The minimum absolute atomic E-state index is 0.0672. The molecule has 4 rings (SSSR count). The third-order valence-corrected chi connectivity index (χ3v) is 5.26. The van der Waals surface area contributed by atoms with Gasteiger partial charge in [0.15, 0.2) is 0 Å². The predicted molar refractivity (Wildman–Crippen MR) is 104 cm³/mol. The van der Waals surface area contributed by atoms with E-state index in [0.29, 0.717) is 6.54 Å². The van der Waals surface area contributed by atoms with Crippen LogP contribution in [0.2, 0.25) is 0 Å². The van der Waals surface area contributed by atoms with Gasteiger partial charge in [-0.15, -0.1) is 5.10 Å². The van der Waals surface area contributed by atoms with Crippen LogP contribution in [-0.4, -0.2) is 38.8 Å². The summed E-state index contributed by atoms with van der Waals surface area (Å²) in [6.45, 7) is 1.42. The number of rotatable bonds is 5. The Bertz CT molecular complexity index is 973. The van der Waals surface area contributed by atoms with E-state index in [2.05, 4.69) is 26.8 Å². The van der Waals surface area contributed by atoms with Crippen LogP contribution >= 0.6 is 0 Å². The largest absolute Gasteiger partial charge is 0.496 e. The summed E-state index contributed by atoms with van der Waals surface area (Å²) in [4.78, 5) is 2.24. The second-order valence-electron chi connectivity index (χ2n) is 7.16. The standard InChI is InChI=1S/C21H21F3N5O/c1-30-20-10-9-18(29-14-25-26-27-29)12-16(20)13-28-11-3-2-4-19(28)15-5-7-17(8-6-15)21(22,23)24/h4-10,12,14,19H,2-3,11,13H2,1H3. The minimum Gasteiger partial charge on any atom is -0.496 e. The van der Waals surface area contributed by atoms with Crippen LogP contribution in [0.4, 0.5) is 13.2 Å². The molecule has 6 nitrogen and oxygen atoms in total. The number of methoxy groups -OCH3 is 1. The molecular weight excluding hydrogens is 395 g/mol. The molecule has 30 heavy (non-hydrogen) atoms. The number of piperidine rings is 1. The Hall–Kier alpha value is -2.94. The molecular formula is C21H21F3N5O. The highest BCUT2D eigenvalue weighted by molar-refractivity contribution is 5.44. The number of alkyl halides is 3. The summed E-state index contributed by atoms with van der Waals surface area (Å²) in [5, 5.41) is 11.3. The summed E-state index contributed by atoms with van der Waals surface area (Å²) in [7, 11) is 1.62. The van der Waals surface area contributed by atoms with Crippen LogP contribution in [-0.2, 0) is 12.7 Å². The molecule has 0 saturated carbocycles. The second kappa shape index (κ2) is 8.43. The molecule has 157 valence electrons. The maximum Gasteiger partial charge on any atom is 0.416 e. The van der Waals surface area contributed by atoms with E-state index in [4.69, 9.17) is 4.74 Å². The van der Waals surface area contributed by atoms with E-state index in [0.717, 1.165) is 54.1 Å². The summed E-state index contributed by atoms with van der Waals surface area (Å²) in [6, 6.07) is 11.1. The Morgan fingerprint density at radius 3 is 2.60 bits per heavy atom. The zero-order chi connectivity index (χ0) is 21.1. The SMILES string of the molecule is COc1ccc(-n2cnnn2)cc1CN1CCC[CH]C1c1ccc(C(F)(F)F)cc1. The number of ether oxygens (including phenoxy) is 1. The first-order valence-electron chi connectivity index (χ1n) is 9.60. The Balaban J connectivity index is 1.60. The molecule has 1 atom stereocenters. The van der Waals surface area contributed by atoms with Gasteiger partial charge in [-0.1, -0.05) is 12.1 Å². The van der Waals surface area contributed by atoms with Gasteiger partial charge < -0.3 is 4.74 Å². The lowest BCUT2D eigenvalue weighted by Crippen LogP contribution is -2.33. The van der Waals surface area contributed by atoms with Crippen LogP contribution in [0.25, 0.3) is 5.69 Å². The quantitative estimate of drug-likeness (QED) is 0.623. The van der Waals surface area contributed by atoms with Gasteiger partial charge in [0.25, 0.3) is 0 Å². The van der Waals surface area contributed by atoms with Crippen molar-refractivity contribution in [1.82, 2.24) is 25.1 Å². The van der Waals surface area contributed by atoms with Gasteiger partial charge >= 0.3 is 6.18 Å². The fraction of sp³-hybridized carbons (Fsp3) is 0.333. The molecule has 1 aliphatic rings. The molecule has 1 fully saturated rings. The van der Waals surface area contributed by atoms with Gasteiger partial charge in [0, 0.05) is 18.2 Å². The van der Waals surface area contributed by atoms with Crippen molar-refractivity contribution in [3.63, 3.8) is 0 Å². The normalized spacial score (nSPS) is 17.8. The van der Waals surface area contributed by atoms with Gasteiger partial charge in [0.05, 0.1) is 18.4 Å². The third-order valence-electron chi connectivity index (χ3n) is 5.26. The topological polar surface area (TPSA) is 56.1 Å². The molecule has 0 N–H and O–H groups in total. The molecule has 0 aliphatic carbocycles. The molecule has 0 amide bonds. The molecule has 3 aromatic rings. The van der Waals surface area contributed by atoms with E-state index in [9.17, 15) is 13.2 Å². The molecule has 1 saturated heterocycles. The number of halogens is 3.